The Bertz CT molecular complexity index is 514. The van der Waals surface area contributed by atoms with Crippen LogP contribution in [0.1, 0.15) is 6.42 Å². The molecule has 1 fully saturated rings. The second-order valence-electron chi connectivity index (χ2n) is 4.77. The summed E-state index contributed by atoms with van der Waals surface area (Å²) in [6.07, 6.45) is 0.825. The number of urea groups is 1. The summed E-state index contributed by atoms with van der Waals surface area (Å²) in [5, 5.41) is 11.3. The Hall–Kier alpha value is -2.28. The lowest BCUT2D eigenvalue weighted by molar-refractivity contribution is -0.139. The minimum Gasteiger partial charge on any atom is -0.482 e. The van der Waals surface area contributed by atoms with Crippen LogP contribution in [0.25, 0.3) is 0 Å². The number of carboxylic acid groups (broad SMARTS) is 1. The highest BCUT2D eigenvalue weighted by atomic mass is 16.5. The van der Waals surface area contributed by atoms with E-state index in [1.54, 1.807) is 36.2 Å². The highest BCUT2D eigenvalue weighted by Crippen LogP contribution is 2.18. The molecule has 0 aromatic heterocycles. The predicted octanol–water partition coefficient (Wildman–Crippen LogP) is 1.40. The highest BCUT2D eigenvalue weighted by molar-refractivity contribution is 5.89. The number of carboxylic acids is 1. The second-order valence-corrected chi connectivity index (χ2v) is 4.77. The lowest BCUT2D eigenvalue weighted by atomic mass is 10.2. The average molecular weight is 294 g/mol. The fourth-order valence-corrected chi connectivity index (χ4v) is 2.01. The highest BCUT2D eigenvalue weighted by Gasteiger charge is 2.24. The third kappa shape index (κ3) is 4.35. The van der Waals surface area contributed by atoms with Crippen molar-refractivity contribution < 1.29 is 24.2 Å². The zero-order valence-corrected chi connectivity index (χ0v) is 11.7. The number of carbonyl (C=O) groups excluding carboxylic acids is 1. The summed E-state index contributed by atoms with van der Waals surface area (Å²) in [4.78, 5) is 24.2. The van der Waals surface area contributed by atoms with E-state index >= 15 is 0 Å². The fourth-order valence-electron chi connectivity index (χ4n) is 2.01. The molecule has 7 heteroatoms. The molecule has 114 valence electrons. The summed E-state index contributed by atoms with van der Waals surface area (Å²) < 4.78 is 10.3. The first-order valence-electron chi connectivity index (χ1n) is 6.62. The van der Waals surface area contributed by atoms with Crippen molar-refractivity contribution in [2.75, 3.05) is 32.2 Å². The molecule has 1 unspecified atom stereocenters. The van der Waals surface area contributed by atoms with Crippen LogP contribution in [0.2, 0.25) is 0 Å². The van der Waals surface area contributed by atoms with Crippen molar-refractivity contribution in [1.82, 2.24) is 4.90 Å². The number of anilines is 1. The molecule has 21 heavy (non-hydrogen) atoms. The predicted molar refractivity (Wildman–Crippen MR) is 75.6 cm³/mol. The van der Waals surface area contributed by atoms with Gasteiger partial charge in [0.25, 0.3) is 0 Å². The number of aliphatic carboxylic acids is 1. The first-order chi connectivity index (χ1) is 10.1. The lowest BCUT2D eigenvalue weighted by Crippen LogP contribution is -2.40. The molecule has 1 heterocycles. The largest absolute Gasteiger partial charge is 0.482 e. The smallest absolute Gasteiger partial charge is 0.341 e. The molecular formula is C14H18N2O5. The number of benzene rings is 1. The zero-order chi connectivity index (χ0) is 15.2. The Morgan fingerprint density at radius 3 is 3.00 bits per heavy atom. The van der Waals surface area contributed by atoms with Crippen LogP contribution >= 0.6 is 0 Å². The van der Waals surface area contributed by atoms with E-state index in [0.717, 1.165) is 6.42 Å². The first-order valence-corrected chi connectivity index (χ1v) is 6.62. The van der Waals surface area contributed by atoms with E-state index in [1.807, 2.05) is 0 Å². The molecule has 1 aromatic rings. The minimum atomic E-state index is -1.05. The number of carbonyl (C=O) groups is 2. The Morgan fingerprint density at radius 2 is 2.33 bits per heavy atom. The molecule has 0 radical (unpaired) electrons. The number of hydrogen-bond donors (Lipinski definition) is 2. The monoisotopic (exact) mass is 294 g/mol. The molecule has 0 bridgehead atoms. The van der Waals surface area contributed by atoms with Crippen LogP contribution in [0.5, 0.6) is 5.75 Å². The molecule has 1 atom stereocenters. The Morgan fingerprint density at radius 1 is 1.52 bits per heavy atom. The molecule has 1 aliphatic rings. The molecule has 1 saturated heterocycles. The number of rotatable bonds is 5. The van der Waals surface area contributed by atoms with Crippen molar-refractivity contribution in [3.05, 3.63) is 24.3 Å². The quantitative estimate of drug-likeness (QED) is 0.857. The topological polar surface area (TPSA) is 88.1 Å². The number of hydrogen-bond acceptors (Lipinski definition) is 4. The van der Waals surface area contributed by atoms with E-state index in [4.69, 9.17) is 14.6 Å². The summed E-state index contributed by atoms with van der Waals surface area (Å²) in [7, 11) is 1.72. The SMILES string of the molecule is CN(C(=O)Nc1cccc(OCC(=O)O)c1)C1CCOC1. The van der Waals surface area contributed by atoms with Gasteiger partial charge in [-0.3, -0.25) is 0 Å². The van der Waals surface area contributed by atoms with Gasteiger partial charge < -0.3 is 24.8 Å². The number of nitrogens with zero attached hydrogens (tertiary/aromatic N) is 1. The summed E-state index contributed by atoms with van der Waals surface area (Å²) >= 11 is 0. The van der Waals surface area contributed by atoms with Crippen LogP contribution in [0.15, 0.2) is 24.3 Å². The van der Waals surface area contributed by atoms with Crippen LogP contribution in [0, 0.1) is 0 Å². The van der Waals surface area contributed by atoms with Gasteiger partial charge in [0.2, 0.25) is 0 Å². The number of likely N-dealkylation sites (N-methyl/N-ethyl adjacent to an activating group) is 1. The van der Waals surface area contributed by atoms with Gasteiger partial charge in [-0.15, -0.1) is 0 Å². The third-order valence-corrected chi connectivity index (χ3v) is 3.22. The summed E-state index contributed by atoms with van der Waals surface area (Å²) in [6, 6.07) is 6.46. The zero-order valence-electron chi connectivity index (χ0n) is 11.7. The van der Waals surface area contributed by atoms with Gasteiger partial charge >= 0.3 is 12.0 Å². The lowest BCUT2D eigenvalue weighted by Gasteiger charge is -2.23. The third-order valence-electron chi connectivity index (χ3n) is 3.22. The van der Waals surface area contributed by atoms with Crippen LogP contribution in [-0.2, 0) is 9.53 Å². The molecule has 1 aromatic carbocycles. The standard InChI is InChI=1S/C14H18N2O5/c1-16(11-5-6-20-8-11)14(19)15-10-3-2-4-12(7-10)21-9-13(17)18/h2-4,7,11H,5-6,8-9H2,1H3,(H,15,19)(H,17,18). The van der Waals surface area contributed by atoms with E-state index in [1.165, 1.54) is 0 Å². The first kappa shape index (κ1) is 15.1. The van der Waals surface area contributed by atoms with E-state index < -0.39 is 12.6 Å². The molecule has 0 aliphatic carbocycles. The van der Waals surface area contributed by atoms with Crippen LogP contribution in [0.4, 0.5) is 10.5 Å². The van der Waals surface area contributed by atoms with Gasteiger partial charge in [-0.2, -0.15) is 0 Å². The minimum absolute atomic E-state index is 0.0800. The maximum Gasteiger partial charge on any atom is 0.341 e. The number of amides is 2. The summed E-state index contributed by atoms with van der Waals surface area (Å²) in [5.74, 6) is -0.660. The Kier molecular flexibility index (Phi) is 4.99. The molecule has 2 N–H and O–H groups in total. The van der Waals surface area contributed by atoms with Gasteiger partial charge in [-0.1, -0.05) is 6.07 Å². The van der Waals surface area contributed by atoms with Crippen LogP contribution in [-0.4, -0.2) is 54.9 Å². The summed E-state index contributed by atoms with van der Waals surface area (Å²) in [5.41, 5.74) is 0.550. The molecule has 0 spiro atoms. The maximum absolute atomic E-state index is 12.1. The van der Waals surface area contributed by atoms with Crippen molar-refractivity contribution in [2.24, 2.45) is 0 Å². The van der Waals surface area contributed by atoms with Gasteiger partial charge in [0.15, 0.2) is 6.61 Å². The average Bonchev–Trinajstić information content (AvgIpc) is 2.98. The van der Waals surface area contributed by atoms with E-state index in [9.17, 15) is 9.59 Å². The van der Waals surface area contributed by atoms with E-state index in [2.05, 4.69) is 5.32 Å². The molecule has 7 nitrogen and oxygen atoms in total. The summed E-state index contributed by atoms with van der Waals surface area (Å²) in [6.45, 7) is 0.795. The van der Waals surface area contributed by atoms with Crippen LogP contribution in [0.3, 0.4) is 0 Å². The van der Waals surface area contributed by atoms with Crippen molar-refractivity contribution in [2.45, 2.75) is 12.5 Å². The Balaban J connectivity index is 1.93. The van der Waals surface area contributed by atoms with E-state index in [0.29, 0.717) is 24.7 Å². The maximum atomic E-state index is 12.1. The van der Waals surface area contributed by atoms with Crippen LogP contribution < -0.4 is 10.1 Å². The Labute approximate surface area is 122 Å². The van der Waals surface area contributed by atoms with Gasteiger partial charge in [-0.25, -0.2) is 9.59 Å². The van der Waals surface area contributed by atoms with Gasteiger partial charge in [-0.05, 0) is 18.6 Å². The van der Waals surface area contributed by atoms with Gasteiger partial charge in [0.1, 0.15) is 5.75 Å². The second kappa shape index (κ2) is 6.94. The molecule has 2 amide bonds. The fraction of sp³-hybridized carbons (Fsp3) is 0.429. The van der Waals surface area contributed by atoms with Crippen molar-refractivity contribution in [1.29, 1.82) is 0 Å². The molecular weight excluding hydrogens is 276 g/mol. The normalized spacial score (nSPS) is 17.3. The van der Waals surface area contributed by atoms with Gasteiger partial charge in [0.05, 0.1) is 12.6 Å². The van der Waals surface area contributed by atoms with Crippen molar-refractivity contribution in [3.63, 3.8) is 0 Å². The molecule has 2 rings (SSSR count). The number of ether oxygens (including phenoxy) is 2. The van der Waals surface area contributed by atoms with Crippen molar-refractivity contribution >= 4 is 17.7 Å². The number of nitrogens with one attached hydrogen (secondary N) is 1. The van der Waals surface area contributed by atoms with E-state index in [-0.39, 0.29) is 12.1 Å². The van der Waals surface area contributed by atoms with Gasteiger partial charge in [0, 0.05) is 25.4 Å². The molecule has 1 aliphatic heterocycles. The van der Waals surface area contributed by atoms with Crippen molar-refractivity contribution in [3.8, 4) is 5.75 Å². The molecule has 0 saturated carbocycles.